The zero-order valence-electron chi connectivity index (χ0n) is 36.9. The van der Waals surface area contributed by atoms with Gasteiger partial charge < -0.3 is 9.88 Å². The molecule has 0 spiro atoms. The Balaban J connectivity index is 0.00000471. The van der Waals surface area contributed by atoms with E-state index in [0.29, 0.717) is 0 Å². The van der Waals surface area contributed by atoms with E-state index in [2.05, 4.69) is 212 Å². The summed E-state index contributed by atoms with van der Waals surface area (Å²) < 4.78 is 3.72. The van der Waals surface area contributed by atoms with E-state index in [1.54, 1.807) is 0 Å². The number of hydrogen-bond acceptors (Lipinski definition) is 5. The molecule has 0 saturated heterocycles. The second-order valence-electron chi connectivity index (χ2n) is 19.6. The molecule has 3 nitrogen and oxygen atoms in total. The monoisotopic (exact) mass is 1030 g/mol. The van der Waals surface area contributed by atoms with Gasteiger partial charge in [0.25, 0.3) is 0 Å². The van der Waals surface area contributed by atoms with E-state index in [0.717, 1.165) is 39.3 Å². The number of rotatable bonds is 5. The quantitative estimate of drug-likeness (QED) is 0.161. The molecule has 314 valence electrons. The van der Waals surface area contributed by atoms with Crippen LogP contribution >= 0.6 is 22.7 Å². The van der Waals surface area contributed by atoms with Gasteiger partial charge in [0.2, 0.25) is 0 Å². The molecule has 0 saturated carbocycles. The van der Waals surface area contributed by atoms with Crippen molar-refractivity contribution in [2.75, 3.05) is 4.90 Å². The number of fused-ring (bicyclic) bond motifs is 9. The Bertz CT molecular complexity index is 3320. The molecule has 6 heteroatoms. The first-order valence-corrected chi connectivity index (χ1v) is 23.4. The molecule has 0 N–H and O–H groups in total. The Labute approximate surface area is 393 Å². The van der Waals surface area contributed by atoms with Crippen LogP contribution in [0.4, 0.5) is 11.4 Å². The Morgan fingerprint density at radius 1 is 0.619 bits per heavy atom. The third-order valence-electron chi connectivity index (χ3n) is 13.1. The van der Waals surface area contributed by atoms with Crippen LogP contribution in [-0.2, 0) is 37.3 Å². The van der Waals surface area contributed by atoms with Crippen molar-refractivity contribution in [1.82, 2.24) is 9.97 Å². The molecule has 0 fully saturated rings. The van der Waals surface area contributed by atoms with Gasteiger partial charge in [0.05, 0.1) is 6.04 Å². The van der Waals surface area contributed by atoms with Gasteiger partial charge in [0, 0.05) is 47.8 Å². The zero-order valence-corrected chi connectivity index (χ0v) is 40.8. The molecule has 4 aromatic heterocycles. The minimum absolute atomic E-state index is 0. The smallest absolute Gasteiger partial charge is 0.352 e. The third kappa shape index (κ3) is 6.85. The van der Waals surface area contributed by atoms with Crippen LogP contribution in [0.3, 0.4) is 0 Å². The molecular weight excluding hydrogens is 986 g/mol. The van der Waals surface area contributed by atoms with Crippen LogP contribution < -0.4 is 4.90 Å². The molecule has 2 atom stereocenters. The van der Waals surface area contributed by atoms with E-state index in [4.69, 9.17) is 9.97 Å². The summed E-state index contributed by atoms with van der Waals surface area (Å²) in [7, 11) is 0. The van der Waals surface area contributed by atoms with Gasteiger partial charge in [0.15, 0.2) is 0 Å². The summed E-state index contributed by atoms with van der Waals surface area (Å²) in [5.41, 5.74) is 10.5. The molecule has 2 aliphatic rings. The predicted molar refractivity (Wildman–Crippen MR) is 266 cm³/mol. The summed E-state index contributed by atoms with van der Waals surface area (Å²) in [6, 6.07) is 49.9. The average molecular weight is 1040 g/mol. The van der Waals surface area contributed by atoms with Crippen molar-refractivity contribution in [2.45, 2.75) is 83.6 Å². The Morgan fingerprint density at radius 2 is 1.38 bits per heavy atom. The average Bonchev–Trinajstić information content (AvgIpc) is 3.99. The van der Waals surface area contributed by atoms with Gasteiger partial charge in [-0.05, 0) is 94.0 Å². The van der Waals surface area contributed by atoms with Crippen molar-refractivity contribution < 1.29 is 21.1 Å². The molecule has 63 heavy (non-hydrogen) atoms. The van der Waals surface area contributed by atoms with Crippen molar-refractivity contribution >= 4 is 75.1 Å². The summed E-state index contributed by atoms with van der Waals surface area (Å²) in [6.07, 6.45) is 9.03. The van der Waals surface area contributed by atoms with Crippen molar-refractivity contribution in [2.24, 2.45) is 0 Å². The van der Waals surface area contributed by atoms with Crippen LogP contribution in [-0.4, -0.2) is 16.0 Å². The minimum atomic E-state index is -0.555. The zero-order chi connectivity index (χ0) is 42.7. The van der Waals surface area contributed by atoms with Gasteiger partial charge in [-0.25, -0.2) is 0 Å². The van der Waals surface area contributed by atoms with Gasteiger partial charge in [-0.1, -0.05) is 148 Å². The number of pyridine rings is 2. The fourth-order valence-electron chi connectivity index (χ4n) is 9.55. The number of anilines is 2. The number of thiophene rings is 2. The summed E-state index contributed by atoms with van der Waals surface area (Å²) >= 11 is 3.74. The first-order chi connectivity index (χ1) is 29.8. The maximum Gasteiger partial charge on any atom is 2.00 e. The van der Waals surface area contributed by atoms with E-state index in [9.17, 15) is 0 Å². The SMILES string of the molecule is CC(C)(C)c1ccc2sc3c(-c4[c-]c5ccccc5c5cc(C(C)(C)C)sc45)nc(C(C)(C)c4cccc(-c5[c-]ccc6c5C5C=CC=CC5N6c5ccccc5)n4)cc3c2c1.[Pt+2]. The molecule has 9 aromatic rings. The number of para-hydroxylation sites is 1. The van der Waals surface area contributed by atoms with E-state index in [1.807, 2.05) is 22.7 Å². The van der Waals surface area contributed by atoms with Crippen molar-refractivity contribution in [3.05, 3.63) is 179 Å². The maximum atomic E-state index is 5.79. The molecule has 0 amide bonds. The normalized spacial score (nSPS) is 16.3. The fourth-order valence-corrected chi connectivity index (χ4v) is 11.9. The van der Waals surface area contributed by atoms with E-state index in [-0.39, 0.29) is 43.9 Å². The molecular formula is C57H49N3PtS2. The van der Waals surface area contributed by atoms with Gasteiger partial charge in [-0.2, -0.15) is 11.3 Å². The Kier molecular flexibility index (Phi) is 10.1. The minimum Gasteiger partial charge on any atom is -0.352 e. The molecule has 11 rings (SSSR count). The van der Waals surface area contributed by atoms with Crippen LogP contribution in [0.2, 0.25) is 0 Å². The van der Waals surface area contributed by atoms with Crippen molar-refractivity contribution in [3.63, 3.8) is 0 Å². The number of hydrogen-bond donors (Lipinski definition) is 0. The van der Waals surface area contributed by atoms with Crippen LogP contribution in [0.15, 0.2) is 140 Å². The van der Waals surface area contributed by atoms with Crippen LogP contribution in [0.1, 0.15) is 88.7 Å². The van der Waals surface area contributed by atoms with Crippen LogP contribution in [0.25, 0.3) is 63.5 Å². The van der Waals surface area contributed by atoms with Crippen LogP contribution in [0, 0.1) is 12.1 Å². The topological polar surface area (TPSA) is 29.0 Å². The summed E-state index contributed by atoms with van der Waals surface area (Å²) in [4.78, 5) is 15.2. The first kappa shape index (κ1) is 41.8. The van der Waals surface area contributed by atoms with E-state index < -0.39 is 5.41 Å². The van der Waals surface area contributed by atoms with Crippen molar-refractivity contribution in [1.29, 1.82) is 0 Å². The predicted octanol–water partition coefficient (Wildman–Crippen LogP) is 15.8. The number of aromatic nitrogens is 2. The third-order valence-corrected chi connectivity index (χ3v) is 15.8. The second-order valence-corrected chi connectivity index (χ2v) is 21.7. The van der Waals surface area contributed by atoms with Gasteiger partial charge in [0.1, 0.15) is 0 Å². The Morgan fingerprint density at radius 3 is 2.17 bits per heavy atom. The van der Waals surface area contributed by atoms with Crippen LogP contribution in [0.5, 0.6) is 0 Å². The molecule has 0 radical (unpaired) electrons. The molecule has 0 bridgehead atoms. The fraction of sp³-hybridized carbons (Fsp3) is 0.228. The number of benzene rings is 5. The molecule has 1 aliphatic heterocycles. The summed E-state index contributed by atoms with van der Waals surface area (Å²) in [5.74, 6) is 0.184. The molecule has 5 aromatic carbocycles. The standard InChI is InChI=1S/C57H49N3S2.Pt/c1-55(2,3)35-28-29-47-40(31-35)41-32-49(59-52(54(41)61-47)43-30-34-18-12-13-21-37(34)42-33-50(56(4,5)6)62-53(42)43)57(7,8)48-27-17-24-44(58-48)38-23-16-26-46-51(38)39-22-14-15-25-45(39)60(46)36-19-10-9-11-20-36;/h9-22,24-29,31-33,39,45H,1-8H3;/q-2;+2. The van der Waals surface area contributed by atoms with E-state index >= 15 is 0 Å². The molecule has 2 unspecified atom stereocenters. The van der Waals surface area contributed by atoms with Crippen molar-refractivity contribution in [3.8, 4) is 22.5 Å². The Hall–Kier alpha value is -5.19. The molecule has 5 heterocycles. The van der Waals surface area contributed by atoms with Gasteiger partial charge >= 0.3 is 21.1 Å². The summed E-state index contributed by atoms with van der Waals surface area (Å²) in [5, 5.41) is 6.14. The van der Waals surface area contributed by atoms with E-state index in [1.165, 1.54) is 63.0 Å². The first-order valence-electron chi connectivity index (χ1n) is 21.7. The largest absolute Gasteiger partial charge is 2.00 e. The number of nitrogens with zero attached hydrogens (tertiary/aromatic N) is 3. The summed E-state index contributed by atoms with van der Waals surface area (Å²) in [6.45, 7) is 18.4. The second kappa shape index (κ2) is 15.2. The van der Waals surface area contributed by atoms with Gasteiger partial charge in [-0.3, -0.25) is 4.98 Å². The number of allylic oxidation sites excluding steroid dienone is 2. The maximum absolute atomic E-state index is 5.79. The molecule has 1 aliphatic carbocycles. The van der Waals surface area contributed by atoms with Gasteiger partial charge in [-0.15, -0.1) is 52.6 Å².